The Kier molecular flexibility index (Phi) is 5.13. The monoisotopic (exact) mass is 418 g/mol. The summed E-state index contributed by atoms with van der Waals surface area (Å²) in [6.07, 6.45) is -0.662. The number of benzene rings is 1. The van der Waals surface area contributed by atoms with Gasteiger partial charge >= 0.3 is 6.18 Å². The molecule has 1 amide bonds. The van der Waals surface area contributed by atoms with E-state index in [2.05, 4.69) is 15.2 Å². The maximum absolute atomic E-state index is 13.0. The summed E-state index contributed by atoms with van der Waals surface area (Å²) in [6.45, 7) is 2.64. The molecule has 3 aromatic rings. The molecule has 1 fully saturated rings. The third-order valence-electron chi connectivity index (χ3n) is 4.83. The number of anilines is 1. The summed E-state index contributed by atoms with van der Waals surface area (Å²) in [5.74, 6) is 0.115. The van der Waals surface area contributed by atoms with Gasteiger partial charge in [-0.3, -0.25) is 4.79 Å². The van der Waals surface area contributed by atoms with Crippen LogP contribution >= 0.6 is 0 Å². The zero-order valence-electron chi connectivity index (χ0n) is 16.5. The van der Waals surface area contributed by atoms with Gasteiger partial charge in [-0.15, -0.1) is 0 Å². The average Bonchev–Trinajstić information content (AvgIpc) is 3.44. The lowest BCUT2D eigenvalue weighted by Gasteiger charge is -2.12. The Morgan fingerprint density at radius 2 is 1.97 bits per heavy atom. The molecule has 1 N–H and O–H groups in total. The summed E-state index contributed by atoms with van der Waals surface area (Å²) < 4.78 is 43.3. The van der Waals surface area contributed by atoms with E-state index in [1.54, 1.807) is 10.9 Å². The Labute approximate surface area is 171 Å². The Balaban J connectivity index is 1.57. The van der Waals surface area contributed by atoms with Gasteiger partial charge in [0, 0.05) is 23.3 Å². The smallest absolute Gasteiger partial charge is 0.422 e. The minimum atomic E-state index is -4.40. The molecule has 0 radical (unpaired) electrons. The minimum absolute atomic E-state index is 0.0749. The number of hydrogen-bond donors (Lipinski definition) is 1. The number of fused-ring (bicyclic) bond motifs is 1. The highest BCUT2D eigenvalue weighted by molar-refractivity contribution is 6.12. The first-order valence-corrected chi connectivity index (χ1v) is 9.70. The Bertz CT molecular complexity index is 1070. The Morgan fingerprint density at radius 1 is 1.27 bits per heavy atom. The Morgan fingerprint density at radius 3 is 2.57 bits per heavy atom. The van der Waals surface area contributed by atoms with Gasteiger partial charge in [0.25, 0.3) is 5.91 Å². The second-order valence-corrected chi connectivity index (χ2v) is 7.67. The standard InChI is InChI=1S/C21H21F3N4O2/c1-12(2)28-19-17(10-25-28)16(9-18(27-19)13-3-4-13)20(29)26-14-5-7-15(8-6-14)30-11-21(22,23)24/h5-10,12-13H,3-4,11H2,1-2H3,(H,26,29). The molecule has 0 unspecified atom stereocenters. The molecule has 1 aliphatic rings. The molecule has 2 aromatic heterocycles. The summed E-state index contributed by atoms with van der Waals surface area (Å²) in [5, 5.41) is 7.84. The number of nitrogens with zero attached hydrogens (tertiary/aromatic N) is 3. The second kappa shape index (κ2) is 7.62. The highest BCUT2D eigenvalue weighted by Crippen LogP contribution is 2.40. The number of amides is 1. The van der Waals surface area contributed by atoms with Crippen LogP contribution in [0.4, 0.5) is 18.9 Å². The largest absolute Gasteiger partial charge is 0.484 e. The topological polar surface area (TPSA) is 69.0 Å². The van der Waals surface area contributed by atoms with Gasteiger partial charge in [0.05, 0.1) is 17.1 Å². The molecular weight excluding hydrogens is 397 g/mol. The number of alkyl halides is 3. The van der Waals surface area contributed by atoms with E-state index in [0.717, 1.165) is 18.5 Å². The van der Waals surface area contributed by atoms with Crippen molar-refractivity contribution < 1.29 is 22.7 Å². The van der Waals surface area contributed by atoms with E-state index in [0.29, 0.717) is 28.2 Å². The van der Waals surface area contributed by atoms with Crippen molar-refractivity contribution in [1.82, 2.24) is 14.8 Å². The molecular formula is C21H21F3N4O2. The number of halogens is 3. The van der Waals surface area contributed by atoms with Crippen LogP contribution < -0.4 is 10.1 Å². The molecule has 0 atom stereocenters. The predicted octanol–water partition coefficient (Wildman–Crippen LogP) is 5.08. The van der Waals surface area contributed by atoms with Crippen LogP contribution in [0.15, 0.2) is 36.5 Å². The lowest BCUT2D eigenvalue weighted by molar-refractivity contribution is -0.153. The first-order chi connectivity index (χ1) is 14.2. The number of pyridine rings is 1. The maximum atomic E-state index is 13.0. The third kappa shape index (κ3) is 4.39. The van der Waals surface area contributed by atoms with E-state index < -0.39 is 12.8 Å². The molecule has 0 aliphatic heterocycles. The van der Waals surface area contributed by atoms with Gasteiger partial charge in [0.15, 0.2) is 12.3 Å². The van der Waals surface area contributed by atoms with Crippen LogP contribution in [-0.4, -0.2) is 33.5 Å². The molecule has 0 saturated heterocycles. The summed E-state index contributed by atoms with van der Waals surface area (Å²) in [4.78, 5) is 17.7. The molecule has 1 aromatic carbocycles. The van der Waals surface area contributed by atoms with Gasteiger partial charge in [-0.2, -0.15) is 18.3 Å². The maximum Gasteiger partial charge on any atom is 0.422 e. The van der Waals surface area contributed by atoms with Crippen LogP contribution in [0.3, 0.4) is 0 Å². The van der Waals surface area contributed by atoms with Crippen molar-refractivity contribution in [2.75, 3.05) is 11.9 Å². The third-order valence-corrected chi connectivity index (χ3v) is 4.83. The van der Waals surface area contributed by atoms with Gasteiger partial charge in [-0.05, 0) is 57.0 Å². The highest BCUT2D eigenvalue weighted by Gasteiger charge is 2.29. The molecule has 0 spiro atoms. The van der Waals surface area contributed by atoms with Crippen LogP contribution in [-0.2, 0) is 0 Å². The van der Waals surface area contributed by atoms with Crippen molar-refractivity contribution in [1.29, 1.82) is 0 Å². The number of carbonyl (C=O) groups excluding carboxylic acids is 1. The number of ether oxygens (including phenoxy) is 1. The normalized spacial score (nSPS) is 14.3. The van der Waals surface area contributed by atoms with Gasteiger partial charge in [-0.1, -0.05) is 0 Å². The van der Waals surface area contributed by atoms with Gasteiger partial charge in [0.1, 0.15) is 5.75 Å². The molecule has 30 heavy (non-hydrogen) atoms. The highest BCUT2D eigenvalue weighted by atomic mass is 19.4. The van der Waals surface area contributed by atoms with Crippen molar-refractivity contribution in [2.24, 2.45) is 0 Å². The van der Waals surface area contributed by atoms with Crippen LogP contribution in [0.5, 0.6) is 5.75 Å². The molecule has 1 aliphatic carbocycles. The van der Waals surface area contributed by atoms with Gasteiger partial charge < -0.3 is 10.1 Å². The van der Waals surface area contributed by atoms with Crippen LogP contribution in [0, 0.1) is 0 Å². The number of rotatable bonds is 6. The minimum Gasteiger partial charge on any atom is -0.484 e. The van der Waals surface area contributed by atoms with Gasteiger partial charge in [0.2, 0.25) is 0 Å². The van der Waals surface area contributed by atoms with E-state index in [1.165, 1.54) is 24.3 Å². The summed E-state index contributed by atoms with van der Waals surface area (Å²) in [7, 11) is 0. The summed E-state index contributed by atoms with van der Waals surface area (Å²) in [5.41, 5.74) is 2.49. The zero-order chi connectivity index (χ0) is 21.5. The Hall–Kier alpha value is -3.10. The van der Waals surface area contributed by atoms with E-state index in [9.17, 15) is 18.0 Å². The predicted molar refractivity (Wildman–Crippen MR) is 106 cm³/mol. The van der Waals surface area contributed by atoms with E-state index in [1.807, 2.05) is 19.9 Å². The summed E-state index contributed by atoms with van der Waals surface area (Å²) in [6, 6.07) is 7.68. The first-order valence-electron chi connectivity index (χ1n) is 9.70. The van der Waals surface area contributed by atoms with Crippen molar-refractivity contribution in [3.8, 4) is 5.75 Å². The van der Waals surface area contributed by atoms with Crippen molar-refractivity contribution >= 4 is 22.6 Å². The molecule has 1 saturated carbocycles. The lowest BCUT2D eigenvalue weighted by atomic mass is 10.1. The molecule has 2 heterocycles. The van der Waals surface area contributed by atoms with Crippen molar-refractivity contribution in [3.63, 3.8) is 0 Å². The van der Waals surface area contributed by atoms with Crippen LogP contribution in [0.2, 0.25) is 0 Å². The number of carbonyl (C=O) groups is 1. The van der Waals surface area contributed by atoms with E-state index in [4.69, 9.17) is 4.98 Å². The summed E-state index contributed by atoms with van der Waals surface area (Å²) >= 11 is 0. The molecule has 4 rings (SSSR count). The fourth-order valence-electron chi connectivity index (χ4n) is 3.19. The molecule has 0 bridgehead atoms. The fraction of sp³-hybridized carbons (Fsp3) is 0.381. The quantitative estimate of drug-likeness (QED) is 0.606. The molecule has 158 valence electrons. The first kappa shape index (κ1) is 20.2. The zero-order valence-corrected chi connectivity index (χ0v) is 16.5. The number of hydrogen-bond acceptors (Lipinski definition) is 4. The number of nitrogens with one attached hydrogen (secondary N) is 1. The SMILES string of the molecule is CC(C)n1ncc2c(C(=O)Nc3ccc(OCC(F)(F)F)cc3)cc(C3CC3)nc21. The van der Waals surface area contributed by atoms with Gasteiger partial charge in [-0.25, -0.2) is 9.67 Å². The molecule has 6 nitrogen and oxygen atoms in total. The molecule has 9 heteroatoms. The number of aromatic nitrogens is 3. The van der Waals surface area contributed by atoms with E-state index >= 15 is 0 Å². The van der Waals surface area contributed by atoms with Crippen molar-refractivity contribution in [2.45, 2.75) is 44.8 Å². The second-order valence-electron chi connectivity index (χ2n) is 7.67. The van der Waals surface area contributed by atoms with Crippen LogP contribution in [0.1, 0.15) is 54.7 Å². The van der Waals surface area contributed by atoms with Crippen LogP contribution in [0.25, 0.3) is 11.0 Å². The average molecular weight is 418 g/mol. The lowest BCUT2D eigenvalue weighted by Crippen LogP contribution is -2.19. The van der Waals surface area contributed by atoms with Crippen molar-refractivity contribution in [3.05, 3.63) is 47.8 Å². The fourth-order valence-corrected chi connectivity index (χ4v) is 3.19. The van der Waals surface area contributed by atoms with E-state index in [-0.39, 0.29) is 17.7 Å².